The maximum Gasteiger partial charge on any atom is 0.336 e. The molecule has 2 rings (SSSR count). The minimum Gasteiger partial charge on any atom is -0.478 e. The van der Waals surface area contributed by atoms with Gasteiger partial charge in [0.15, 0.2) is 0 Å². The Kier molecular flexibility index (Phi) is 2.93. The van der Waals surface area contributed by atoms with Gasteiger partial charge in [-0.05, 0) is 29.3 Å². The zero-order valence-corrected chi connectivity index (χ0v) is 9.94. The number of aromatic carboxylic acids is 1. The van der Waals surface area contributed by atoms with Gasteiger partial charge in [-0.3, -0.25) is 0 Å². The van der Waals surface area contributed by atoms with Crippen molar-refractivity contribution in [1.29, 1.82) is 0 Å². The molecule has 0 saturated heterocycles. The highest BCUT2D eigenvalue weighted by molar-refractivity contribution is 7.89. The third-order valence-corrected chi connectivity index (χ3v) is 3.37. The summed E-state index contributed by atoms with van der Waals surface area (Å²) in [6.45, 7) is 0. The van der Waals surface area contributed by atoms with Gasteiger partial charge in [0.05, 0.1) is 10.5 Å². The lowest BCUT2D eigenvalue weighted by atomic mass is 10.0. The van der Waals surface area contributed by atoms with E-state index in [1.165, 1.54) is 12.1 Å². The molecule has 1 heterocycles. The second kappa shape index (κ2) is 4.28. The predicted octanol–water partition coefficient (Wildman–Crippen LogP) is 1.03. The highest BCUT2D eigenvalue weighted by Gasteiger charge is 2.16. The normalized spacial score (nSPS) is 11.4. The maximum absolute atomic E-state index is 11.2. The van der Waals surface area contributed by atoms with E-state index in [1.54, 1.807) is 18.5 Å². The first-order valence-electron chi connectivity index (χ1n) is 4.93. The van der Waals surface area contributed by atoms with Crippen molar-refractivity contribution < 1.29 is 18.3 Å². The molecule has 0 spiro atoms. The Balaban J connectivity index is 2.67. The summed E-state index contributed by atoms with van der Waals surface area (Å²) in [5.41, 5.74) is 0.977. The lowest BCUT2D eigenvalue weighted by molar-refractivity contribution is 0.0697. The standard InChI is InChI=1S/C11H10N2O4S/c12-18(16,17)8-1-2-9(7-3-4-13-6-7)10(5-8)11(14)15/h1-6,13H,(H,14,15)(H2,12,16,17). The van der Waals surface area contributed by atoms with E-state index >= 15 is 0 Å². The van der Waals surface area contributed by atoms with E-state index in [9.17, 15) is 13.2 Å². The van der Waals surface area contributed by atoms with Crippen LogP contribution in [0.2, 0.25) is 0 Å². The van der Waals surface area contributed by atoms with Crippen LogP contribution in [0.5, 0.6) is 0 Å². The molecule has 2 aromatic rings. The number of nitrogens with one attached hydrogen (secondary N) is 1. The molecule has 0 fully saturated rings. The van der Waals surface area contributed by atoms with Crippen molar-refractivity contribution in [2.24, 2.45) is 5.14 Å². The van der Waals surface area contributed by atoms with Crippen molar-refractivity contribution in [2.45, 2.75) is 4.90 Å². The second-order valence-electron chi connectivity index (χ2n) is 3.66. The van der Waals surface area contributed by atoms with Crippen molar-refractivity contribution in [3.8, 4) is 11.1 Å². The number of sulfonamides is 1. The predicted molar refractivity (Wildman–Crippen MR) is 64.6 cm³/mol. The summed E-state index contributed by atoms with van der Waals surface area (Å²) in [6, 6.07) is 5.45. The summed E-state index contributed by atoms with van der Waals surface area (Å²) in [4.78, 5) is 13.7. The van der Waals surface area contributed by atoms with Crippen LogP contribution in [0.1, 0.15) is 10.4 Å². The number of primary sulfonamides is 1. The highest BCUT2D eigenvalue weighted by atomic mass is 32.2. The molecule has 4 N–H and O–H groups in total. The molecule has 7 heteroatoms. The zero-order valence-electron chi connectivity index (χ0n) is 9.12. The molecule has 18 heavy (non-hydrogen) atoms. The van der Waals surface area contributed by atoms with Crippen LogP contribution in [0.15, 0.2) is 41.6 Å². The summed E-state index contributed by atoms with van der Waals surface area (Å²) in [5, 5.41) is 14.1. The fourth-order valence-electron chi connectivity index (χ4n) is 1.62. The molecular weight excluding hydrogens is 256 g/mol. The van der Waals surface area contributed by atoms with Crippen molar-refractivity contribution in [3.63, 3.8) is 0 Å². The molecule has 0 aliphatic carbocycles. The van der Waals surface area contributed by atoms with Gasteiger partial charge in [0.25, 0.3) is 0 Å². The van der Waals surface area contributed by atoms with Gasteiger partial charge in [-0.1, -0.05) is 6.07 Å². The number of nitrogens with two attached hydrogens (primary N) is 1. The lowest BCUT2D eigenvalue weighted by Crippen LogP contribution is -2.13. The van der Waals surface area contributed by atoms with Gasteiger partial charge in [0.2, 0.25) is 10.0 Å². The Hall–Kier alpha value is -2.12. The van der Waals surface area contributed by atoms with Crippen molar-refractivity contribution in [1.82, 2.24) is 4.98 Å². The SMILES string of the molecule is NS(=O)(=O)c1ccc(-c2cc[nH]c2)c(C(=O)O)c1. The van der Waals surface area contributed by atoms with Gasteiger partial charge in [0.1, 0.15) is 0 Å². The Morgan fingerprint density at radius 3 is 2.50 bits per heavy atom. The van der Waals surface area contributed by atoms with Crippen LogP contribution >= 0.6 is 0 Å². The highest BCUT2D eigenvalue weighted by Crippen LogP contribution is 2.25. The van der Waals surface area contributed by atoms with E-state index in [0.29, 0.717) is 11.1 Å². The molecule has 0 atom stereocenters. The Bertz CT molecular complexity index is 690. The van der Waals surface area contributed by atoms with Gasteiger partial charge < -0.3 is 10.1 Å². The molecule has 0 bridgehead atoms. The van der Waals surface area contributed by atoms with E-state index in [0.717, 1.165) is 6.07 Å². The van der Waals surface area contributed by atoms with E-state index in [2.05, 4.69) is 4.98 Å². The minimum atomic E-state index is -3.92. The summed E-state index contributed by atoms with van der Waals surface area (Å²) >= 11 is 0. The first-order chi connectivity index (χ1) is 8.39. The van der Waals surface area contributed by atoms with Crippen LogP contribution in [-0.2, 0) is 10.0 Å². The molecular formula is C11H10N2O4S. The summed E-state index contributed by atoms with van der Waals surface area (Å²) in [5.74, 6) is -1.21. The van der Waals surface area contributed by atoms with Gasteiger partial charge in [0, 0.05) is 12.4 Å². The van der Waals surface area contributed by atoms with Crippen LogP contribution in [0.3, 0.4) is 0 Å². The smallest absolute Gasteiger partial charge is 0.336 e. The summed E-state index contributed by atoms with van der Waals surface area (Å²) in [7, 11) is -3.92. The third kappa shape index (κ3) is 2.27. The van der Waals surface area contributed by atoms with Crippen LogP contribution in [-0.4, -0.2) is 24.5 Å². The number of carboxylic acids is 1. The van der Waals surface area contributed by atoms with E-state index in [1.807, 2.05) is 0 Å². The van der Waals surface area contributed by atoms with Crippen molar-refractivity contribution in [2.75, 3.05) is 0 Å². The van der Waals surface area contributed by atoms with Crippen LogP contribution in [0.25, 0.3) is 11.1 Å². The monoisotopic (exact) mass is 266 g/mol. The molecule has 0 aliphatic rings. The topological polar surface area (TPSA) is 113 Å². The van der Waals surface area contributed by atoms with Crippen molar-refractivity contribution in [3.05, 3.63) is 42.2 Å². The number of aromatic nitrogens is 1. The number of hydrogen-bond acceptors (Lipinski definition) is 3. The maximum atomic E-state index is 11.2. The van der Waals surface area contributed by atoms with Gasteiger partial charge in [-0.15, -0.1) is 0 Å². The van der Waals surface area contributed by atoms with Crippen LogP contribution < -0.4 is 5.14 Å². The lowest BCUT2D eigenvalue weighted by Gasteiger charge is -2.06. The Morgan fingerprint density at radius 1 is 1.28 bits per heavy atom. The fourth-order valence-corrected chi connectivity index (χ4v) is 2.16. The first kappa shape index (κ1) is 12.3. The average Bonchev–Trinajstić information content (AvgIpc) is 2.80. The third-order valence-electron chi connectivity index (χ3n) is 2.46. The largest absolute Gasteiger partial charge is 0.478 e. The van der Waals surface area contributed by atoms with E-state index < -0.39 is 16.0 Å². The second-order valence-corrected chi connectivity index (χ2v) is 5.22. The number of benzene rings is 1. The molecule has 0 saturated carbocycles. The van der Waals surface area contributed by atoms with Crippen molar-refractivity contribution >= 4 is 16.0 Å². The van der Waals surface area contributed by atoms with Gasteiger partial charge in [-0.25, -0.2) is 18.4 Å². The number of aromatic amines is 1. The molecule has 0 unspecified atom stereocenters. The zero-order chi connectivity index (χ0) is 13.3. The first-order valence-corrected chi connectivity index (χ1v) is 6.47. The number of carbonyl (C=O) groups is 1. The average molecular weight is 266 g/mol. The molecule has 0 radical (unpaired) electrons. The fraction of sp³-hybridized carbons (Fsp3) is 0. The van der Waals surface area contributed by atoms with E-state index in [4.69, 9.17) is 10.2 Å². The van der Waals surface area contributed by atoms with Crippen LogP contribution in [0, 0.1) is 0 Å². The molecule has 1 aromatic heterocycles. The number of rotatable bonds is 3. The summed E-state index contributed by atoms with van der Waals surface area (Å²) < 4.78 is 22.4. The Labute approximate surface area is 103 Å². The van der Waals surface area contributed by atoms with E-state index in [-0.39, 0.29) is 10.5 Å². The number of H-pyrrole nitrogens is 1. The number of hydrogen-bond donors (Lipinski definition) is 3. The summed E-state index contributed by atoms with van der Waals surface area (Å²) in [6.07, 6.45) is 3.27. The molecule has 6 nitrogen and oxygen atoms in total. The quantitative estimate of drug-likeness (QED) is 0.769. The minimum absolute atomic E-state index is 0.110. The Morgan fingerprint density at radius 2 is 2.00 bits per heavy atom. The van der Waals surface area contributed by atoms with Gasteiger partial charge >= 0.3 is 5.97 Å². The van der Waals surface area contributed by atoms with Crippen LogP contribution in [0.4, 0.5) is 0 Å². The number of carboxylic acid groups (broad SMARTS) is 1. The molecule has 94 valence electrons. The van der Waals surface area contributed by atoms with Gasteiger partial charge in [-0.2, -0.15) is 0 Å². The molecule has 1 aromatic carbocycles. The molecule has 0 amide bonds. The molecule has 0 aliphatic heterocycles.